The van der Waals surface area contributed by atoms with E-state index in [1.165, 1.54) is 11.0 Å². The maximum Gasteiger partial charge on any atom is 0.247 e. The molecule has 13 heteroatoms. The molecule has 1 saturated heterocycles. The lowest BCUT2D eigenvalue weighted by atomic mass is 10.0. The van der Waals surface area contributed by atoms with E-state index in [2.05, 4.69) is 10.0 Å². The predicted molar refractivity (Wildman–Crippen MR) is 128 cm³/mol. The van der Waals surface area contributed by atoms with Crippen LogP contribution in [0.15, 0.2) is 42.5 Å². The number of piperidine rings is 1. The summed E-state index contributed by atoms with van der Waals surface area (Å²) in [5, 5.41) is 30.4. The maximum absolute atomic E-state index is 13.1. The van der Waals surface area contributed by atoms with Crippen molar-refractivity contribution in [3.05, 3.63) is 48.0 Å². The Bertz CT molecular complexity index is 1050. The van der Waals surface area contributed by atoms with Crippen molar-refractivity contribution in [1.29, 1.82) is 5.41 Å². The lowest BCUT2D eigenvalue weighted by Gasteiger charge is -2.39. The fourth-order valence-corrected chi connectivity index (χ4v) is 5.40. The Morgan fingerprint density at radius 3 is 2.60 bits per heavy atom. The lowest BCUT2D eigenvalue weighted by Crippen LogP contribution is -2.61. The fourth-order valence-electron chi connectivity index (χ4n) is 4.17. The highest BCUT2D eigenvalue weighted by Crippen LogP contribution is 2.18. The first-order valence-electron chi connectivity index (χ1n) is 11.3. The van der Waals surface area contributed by atoms with E-state index in [0.717, 1.165) is 10.5 Å². The van der Waals surface area contributed by atoms with Gasteiger partial charge in [0.25, 0.3) is 0 Å². The minimum absolute atomic E-state index is 0.0615. The molecule has 0 saturated carbocycles. The molecule has 4 atom stereocenters. The molecule has 0 radical (unpaired) electrons. The molecule has 2 aliphatic rings. The summed E-state index contributed by atoms with van der Waals surface area (Å²) in [6.07, 6.45) is 3.22. The van der Waals surface area contributed by atoms with E-state index in [-0.39, 0.29) is 24.7 Å². The van der Waals surface area contributed by atoms with Gasteiger partial charge in [-0.05, 0) is 24.8 Å². The summed E-state index contributed by atoms with van der Waals surface area (Å²) < 4.78 is 27.3. The van der Waals surface area contributed by atoms with Crippen molar-refractivity contribution in [2.75, 3.05) is 25.4 Å². The van der Waals surface area contributed by atoms with Gasteiger partial charge in [-0.2, -0.15) is 0 Å². The number of likely N-dealkylation sites (tertiary alicyclic amines) is 1. The van der Waals surface area contributed by atoms with Crippen LogP contribution in [0.2, 0.25) is 0 Å². The molecule has 12 nitrogen and oxygen atoms in total. The van der Waals surface area contributed by atoms with Crippen molar-refractivity contribution in [3.63, 3.8) is 0 Å². The van der Waals surface area contributed by atoms with Gasteiger partial charge < -0.3 is 31.1 Å². The van der Waals surface area contributed by atoms with Gasteiger partial charge in [-0.15, -0.1) is 0 Å². The normalized spacial score (nSPS) is 23.2. The summed E-state index contributed by atoms with van der Waals surface area (Å²) in [5.41, 5.74) is 6.30. The Morgan fingerprint density at radius 2 is 1.94 bits per heavy atom. The number of aliphatic hydroxyl groups is 2. The Balaban J connectivity index is 1.61. The van der Waals surface area contributed by atoms with Crippen LogP contribution in [0.5, 0.6) is 0 Å². The van der Waals surface area contributed by atoms with Gasteiger partial charge in [0, 0.05) is 13.1 Å². The molecule has 1 aromatic rings. The van der Waals surface area contributed by atoms with Crippen LogP contribution >= 0.6 is 0 Å². The standard InChI is InChI=1S/C22H32N6O6S/c23-22(24)28-12-4-8-16(20(28)31)25-19(30)18-9-5-11-27(18)21(32)17(14-29)26-35(33,34)13-10-15-6-2-1-3-7-15/h1-3,5-7,9,16-18,20,26,29,31H,4,8,10-14H2,(H3,23,24)(H,25,30)/t16-,17+,18-,20?/m0/s1. The minimum Gasteiger partial charge on any atom is -0.394 e. The molecule has 192 valence electrons. The Hall–Kier alpha value is -3.00. The smallest absolute Gasteiger partial charge is 0.247 e. The van der Waals surface area contributed by atoms with Crippen molar-refractivity contribution in [3.8, 4) is 0 Å². The number of amides is 2. The number of nitrogens with zero attached hydrogens (tertiary/aromatic N) is 2. The van der Waals surface area contributed by atoms with Crippen molar-refractivity contribution in [2.24, 2.45) is 5.73 Å². The minimum atomic E-state index is -3.90. The monoisotopic (exact) mass is 508 g/mol. The van der Waals surface area contributed by atoms with E-state index in [1.54, 1.807) is 30.3 Å². The third kappa shape index (κ3) is 6.78. The van der Waals surface area contributed by atoms with E-state index < -0.39 is 52.8 Å². The van der Waals surface area contributed by atoms with Crippen LogP contribution in [0.4, 0.5) is 0 Å². The zero-order chi connectivity index (χ0) is 25.6. The average molecular weight is 509 g/mol. The molecule has 2 heterocycles. The molecular weight excluding hydrogens is 476 g/mol. The average Bonchev–Trinajstić information content (AvgIpc) is 3.33. The summed E-state index contributed by atoms with van der Waals surface area (Å²) in [5.74, 6) is -1.88. The summed E-state index contributed by atoms with van der Waals surface area (Å²) in [6.45, 7) is -0.325. The quantitative estimate of drug-likeness (QED) is 0.126. The van der Waals surface area contributed by atoms with Gasteiger partial charge in [0.15, 0.2) is 5.96 Å². The molecule has 35 heavy (non-hydrogen) atoms. The number of benzene rings is 1. The highest BCUT2D eigenvalue weighted by molar-refractivity contribution is 7.89. The molecule has 0 spiro atoms. The molecule has 3 rings (SSSR count). The number of nitrogens with one attached hydrogen (secondary N) is 3. The van der Waals surface area contributed by atoms with E-state index in [9.17, 15) is 28.2 Å². The van der Waals surface area contributed by atoms with Crippen LogP contribution in [-0.4, -0.2) is 96.0 Å². The van der Waals surface area contributed by atoms with Gasteiger partial charge in [0.05, 0.1) is 18.4 Å². The summed E-state index contributed by atoms with van der Waals surface area (Å²) in [6, 6.07) is 5.82. The molecular formula is C22H32N6O6S. The first kappa shape index (κ1) is 26.6. The molecule has 0 aromatic heterocycles. The number of carbonyl (C=O) groups is 2. The van der Waals surface area contributed by atoms with E-state index in [4.69, 9.17) is 11.1 Å². The van der Waals surface area contributed by atoms with Crippen molar-refractivity contribution < 1.29 is 28.2 Å². The van der Waals surface area contributed by atoms with Crippen LogP contribution in [0.1, 0.15) is 18.4 Å². The molecule has 2 aliphatic heterocycles. The number of nitrogens with two attached hydrogens (primary N) is 1. The summed E-state index contributed by atoms with van der Waals surface area (Å²) >= 11 is 0. The van der Waals surface area contributed by atoms with Crippen LogP contribution in [-0.2, 0) is 26.0 Å². The van der Waals surface area contributed by atoms with E-state index in [0.29, 0.717) is 19.4 Å². The number of aliphatic hydroxyl groups excluding tert-OH is 2. The van der Waals surface area contributed by atoms with Gasteiger partial charge in [0.1, 0.15) is 18.3 Å². The molecule has 1 unspecified atom stereocenters. The Kier molecular flexibility index (Phi) is 8.83. The largest absolute Gasteiger partial charge is 0.394 e. The number of carbonyl (C=O) groups excluding carboxylic acids is 2. The molecule has 1 aromatic carbocycles. The Morgan fingerprint density at radius 1 is 1.23 bits per heavy atom. The topological polar surface area (TPSA) is 189 Å². The van der Waals surface area contributed by atoms with Gasteiger partial charge in [0.2, 0.25) is 21.8 Å². The van der Waals surface area contributed by atoms with Crippen molar-refractivity contribution >= 4 is 27.8 Å². The Labute approximate surface area is 204 Å². The summed E-state index contributed by atoms with van der Waals surface area (Å²) in [4.78, 5) is 28.4. The fraction of sp³-hybridized carbons (Fsp3) is 0.500. The molecule has 0 aliphatic carbocycles. The second-order valence-corrected chi connectivity index (χ2v) is 10.4. The third-order valence-corrected chi connectivity index (χ3v) is 7.43. The van der Waals surface area contributed by atoms with Crippen LogP contribution < -0.4 is 15.8 Å². The summed E-state index contributed by atoms with van der Waals surface area (Å²) in [7, 11) is -3.90. The van der Waals surface area contributed by atoms with E-state index >= 15 is 0 Å². The zero-order valence-electron chi connectivity index (χ0n) is 19.2. The second kappa shape index (κ2) is 11.6. The highest BCUT2D eigenvalue weighted by atomic mass is 32.2. The molecule has 0 bridgehead atoms. The first-order valence-corrected chi connectivity index (χ1v) is 13.0. The highest BCUT2D eigenvalue weighted by Gasteiger charge is 2.38. The second-order valence-electron chi connectivity index (χ2n) is 8.52. The zero-order valence-corrected chi connectivity index (χ0v) is 20.0. The van der Waals surface area contributed by atoms with Crippen LogP contribution in [0, 0.1) is 5.41 Å². The number of aryl methyl sites for hydroxylation is 1. The molecule has 1 fully saturated rings. The third-order valence-electron chi connectivity index (χ3n) is 6.04. The number of guanidine groups is 1. The number of sulfonamides is 1. The SMILES string of the molecule is N=C(N)N1CCC[C@H](NC(=O)[C@@H]2C=CCN2C(=O)[C@@H](CO)NS(=O)(=O)CCc2ccccc2)C1O. The van der Waals surface area contributed by atoms with Crippen LogP contribution in [0.25, 0.3) is 0 Å². The van der Waals surface area contributed by atoms with Crippen LogP contribution in [0.3, 0.4) is 0 Å². The maximum atomic E-state index is 13.1. The number of hydrogen-bond donors (Lipinski definition) is 6. The van der Waals surface area contributed by atoms with E-state index in [1.807, 2.05) is 6.07 Å². The van der Waals surface area contributed by atoms with Gasteiger partial charge in [-0.1, -0.05) is 42.5 Å². The number of rotatable bonds is 9. The molecule has 7 N–H and O–H groups in total. The van der Waals surface area contributed by atoms with Gasteiger partial charge in [-0.25, -0.2) is 13.1 Å². The van der Waals surface area contributed by atoms with Gasteiger partial charge >= 0.3 is 0 Å². The van der Waals surface area contributed by atoms with Crippen molar-refractivity contribution in [2.45, 2.75) is 43.6 Å². The first-order chi connectivity index (χ1) is 16.6. The molecule has 2 amide bonds. The lowest BCUT2D eigenvalue weighted by molar-refractivity contribution is -0.140. The van der Waals surface area contributed by atoms with Crippen molar-refractivity contribution in [1.82, 2.24) is 19.8 Å². The number of hydrogen-bond acceptors (Lipinski definition) is 7. The van der Waals surface area contributed by atoms with Gasteiger partial charge in [-0.3, -0.25) is 15.0 Å². The predicted octanol–water partition coefficient (Wildman–Crippen LogP) is -1.93.